The van der Waals surface area contributed by atoms with Crippen LogP contribution in [0.1, 0.15) is 38.3 Å². The van der Waals surface area contributed by atoms with Gasteiger partial charge in [0.1, 0.15) is 23.0 Å². The molecular formula is C26H33ClN8O3. The molecule has 1 saturated heterocycles. The highest BCUT2D eigenvalue weighted by Gasteiger charge is 2.32. The quantitative estimate of drug-likeness (QED) is 0.400. The Bertz CT molecular complexity index is 1220. The lowest BCUT2D eigenvalue weighted by Crippen LogP contribution is -2.58. The van der Waals surface area contributed by atoms with Crippen molar-refractivity contribution in [2.75, 3.05) is 38.2 Å². The number of carbonyl (C=O) groups is 2. The molecule has 2 atom stereocenters. The van der Waals surface area contributed by atoms with Gasteiger partial charge in [0.25, 0.3) is 0 Å². The number of methoxy groups -OCH3 is 1. The average molecular weight is 541 g/mol. The Labute approximate surface area is 227 Å². The van der Waals surface area contributed by atoms with Crippen molar-refractivity contribution in [2.24, 2.45) is 0 Å². The first kappa shape index (κ1) is 27.2. The minimum Gasteiger partial charge on any atom is -0.497 e. The van der Waals surface area contributed by atoms with Crippen LogP contribution in [-0.2, 0) is 4.79 Å². The summed E-state index contributed by atoms with van der Waals surface area (Å²) >= 11 is 6.36. The monoisotopic (exact) mass is 540 g/mol. The zero-order valence-corrected chi connectivity index (χ0v) is 22.6. The van der Waals surface area contributed by atoms with E-state index in [-0.39, 0.29) is 35.6 Å². The van der Waals surface area contributed by atoms with Crippen LogP contribution in [0, 0.1) is 0 Å². The first-order valence-corrected chi connectivity index (χ1v) is 13.0. The molecule has 3 aromatic rings. The third kappa shape index (κ3) is 6.71. The molecule has 0 saturated carbocycles. The number of imidazole rings is 1. The van der Waals surface area contributed by atoms with E-state index in [2.05, 4.69) is 20.6 Å². The van der Waals surface area contributed by atoms with Crippen molar-refractivity contribution in [1.82, 2.24) is 35.1 Å². The Morgan fingerprint density at radius 3 is 2.68 bits per heavy atom. The first-order valence-electron chi connectivity index (χ1n) is 12.6. The second-order valence-electron chi connectivity index (χ2n) is 9.11. The van der Waals surface area contributed by atoms with Gasteiger partial charge in [-0.2, -0.15) is 4.98 Å². The summed E-state index contributed by atoms with van der Waals surface area (Å²) in [5, 5.41) is 6.29. The Kier molecular flexibility index (Phi) is 9.01. The molecule has 3 amide bonds. The summed E-state index contributed by atoms with van der Waals surface area (Å²) in [6.07, 6.45) is 5.97. The predicted octanol–water partition coefficient (Wildman–Crippen LogP) is 3.20. The number of carbonyl (C=O) groups excluding carboxylic acids is 2. The molecular weight excluding hydrogens is 508 g/mol. The van der Waals surface area contributed by atoms with Crippen LogP contribution in [0.15, 0.2) is 49.1 Å². The number of anilines is 1. The zero-order valence-electron chi connectivity index (χ0n) is 21.8. The SMILES string of the molecule is CCCNC(=O)N1CCN(c2cc(Cl)nc(-n3ccnc3)n2)C(CC(=O)NC(C)c2ccc(OC)cc2)C1. The molecule has 12 heteroatoms. The van der Waals surface area contributed by atoms with Gasteiger partial charge in [-0.1, -0.05) is 30.7 Å². The topological polar surface area (TPSA) is 118 Å². The molecule has 2 aromatic heterocycles. The largest absolute Gasteiger partial charge is 0.497 e. The van der Waals surface area contributed by atoms with Gasteiger partial charge in [-0.05, 0) is 31.0 Å². The van der Waals surface area contributed by atoms with E-state index in [1.54, 1.807) is 41.4 Å². The van der Waals surface area contributed by atoms with Crippen molar-refractivity contribution in [2.45, 2.75) is 38.8 Å². The maximum atomic E-state index is 13.2. The van der Waals surface area contributed by atoms with E-state index < -0.39 is 0 Å². The highest BCUT2D eigenvalue weighted by atomic mass is 35.5. The summed E-state index contributed by atoms with van der Waals surface area (Å²) in [6, 6.07) is 8.61. The van der Waals surface area contributed by atoms with Crippen LogP contribution >= 0.6 is 11.6 Å². The van der Waals surface area contributed by atoms with Crippen LogP contribution < -0.4 is 20.3 Å². The number of ether oxygens (including phenoxy) is 1. The minimum atomic E-state index is -0.319. The first-order chi connectivity index (χ1) is 18.4. The van der Waals surface area contributed by atoms with Crippen molar-refractivity contribution in [3.05, 3.63) is 59.8 Å². The van der Waals surface area contributed by atoms with E-state index in [0.717, 1.165) is 17.7 Å². The lowest BCUT2D eigenvalue weighted by atomic mass is 10.1. The van der Waals surface area contributed by atoms with Crippen molar-refractivity contribution >= 4 is 29.4 Å². The van der Waals surface area contributed by atoms with E-state index in [1.807, 2.05) is 43.0 Å². The van der Waals surface area contributed by atoms with Crippen LogP contribution in [0.5, 0.6) is 5.75 Å². The fourth-order valence-corrected chi connectivity index (χ4v) is 4.56. The van der Waals surface area contributed by atoms with Gasteiger partial charge in [-0.15, -0.1) is 0 Å². The highest BCUT2D eigenvalue weighted by Crippen LogP contribution is 2.25. The third-order valence-corrected chi connectivity index (χ3v) is 6.60. The standard InChI is InChI=1S/C26H33ClN8O3/c1-4-9-29-26(37)33-12-13-35(23-15-22(27)31-25(32-23)34-11-10-28-17-34)20(16-33)14-24(36)30-18(2)19-5-7-21(38-3)8-6-19/h5-8,10-11,15,17-18,20H,4,9,12-14,16H2,1-3H3,(H,29,37)(H,30,36). The van der Waals surface area contributed by atoms with Gasteiger partial charge >= 0.3 is 6.03 Å². The summed E-state index contributed by atoms with van der Waals surface area (Å²) in [6.45, 7) is 5.87. The number of rotatable bonds is 9. The predicted molar refractivity (Wildman–Crippen MR) is 145 cm³/mol. The molecule has 2 N–H and O–H groups in total. The van der Waals surface area contributed by atoms with E-state index in [1.165, 1.54) is 0 Å². The lowest BCUT2D eigenvalue weighted by molar-refractivity contribution is -0.122. The second kappa shape index (κ2) is 12.6. The number of amides is 3. The van der Waals surface area contributed by atoms with Crippen molar-refractivity contribution in [3.8, 4) is 11.7 Å². The molecule has 3 heterocycles. The van der Waals surface area contributed by atoms with Crippen LogP contribution in [0.25, 0.3) is 5.95 Å². The number of halogens is 1. The Balaban J connectivity index is 1.53. The molecule has 0 aliphatic carbocycles. The van der Waals surface area contributed by atoms with Crippen molar-refractivity contribution in [3.63, 3.8) is 0 Å². The number of aromatic nitrogens is 4. The Morgan fingerprint density at radius 2 is 2.00 bits per heavy atom. The molecule has 4 rings (SSSR count). The summed E-state index contributed by atoms with van der Waals surface area (Å²) < 4.78 is 6.89. The molecule has 2 unspecified atom stereocenters. The summed E-state index contributed by atoms with van der Waals surface area (Å²) in [5.41, 5.74) is 0.966. The molecule has 1 aliphatic rings. The van der Waals surface area contributed by atoms with Gasteiger partial charge < -0.3 is 25.2 Å². The summed E-state index contributed by atoms with van der Waals surface area (Å²) in [5.74, 6) is 1.59. The summed E-state index contributed by atoms with van der Waals surface area (Å²) in [7, 11) is 1.62. The number of nitrogens with zero attached hydrogens (tertiary/aromatic N) is 6. The van der Waals surface area contributed by atoms with Gasteiger partial charge in [-0.3, -0.25) is 9.36 Å². The maximum absolute atomic E-state index is 13.2. The van der Waals surface area contributed by atoms with E-state index in [0.29, 0.717) is 37.9 Å². The molecule has 0 spiro atoms. The number of hydrogen-bond donors (Lipinski definition) is 2. The van der Waals surface area contributed by atoms with Crippen molar-refractivity contribution < 1.29 is 14.3 Å². The molecule has 1 aromatic carbocycles. The van der Waals surface area contributed by atoms with Gasteiger partial charge in [-0.25, -0.2) is 14.8 Å². The second-order valence-corrected chi connectivity index (χ2v) is 9.50. The van der Waals surface area contributed by atoms with Crippen LogP contribution in [-0.4, -0.2) is 75.7 Å². The van der Waals surface area contributed by atoms with Crippen LogP contribution in [0.4, 0.5) is 10.6 Å². The minimum absolute atomic E-state index is 0.130. The molecule has 11 nitrogen and oxygen atoms in total. The van der Waals surface area contributed by atoms with Crippen molar-refractivity contribution in [1.29, 1.82) is 0 Å². The van der Waals surface area contributed by atoms with Crippen LogP contribution in [0.3, 0.4) is 0 Å². The fraction of sp³-hybridized carbons (Fsp3) is 0.423. The summed E-state index contributed by atoms with van der Waals surface area (Å²) in [4.78, 5) is 42.8. The smallest absolute Gasteiger partial charge is 0.317 e. The van der Waals surface area contributed by atoms with Gasteiger partial charge in [0.05, 0.1) is 19.2 Å². The van der Waals surface area contributed by atoms with Crippen LogP contribution in [0.2, 0.25) is 5.15 Å². The molecule has 38 heavy (non-hydrogen) atoms. The number of benzene rings is 1. The van der Waals surface area contributed by atoms with E-state index in [4.69, 9.17) is 21.3 Å². The molecule has 0 radical (unpaired) electrons. The Morgan fingerprint density at radius 1 is 1.21 bits per heavy atom. The van der Waals surface area contributed by atoms with E-state index in [9.17, 15) is 9.59 Å². The van der Waals surface area contributed by atoms with Gasteiger partial charge in [0, 0.05) is 51.1 Å². The molecule has 1 aliphatic heterocycles. The lowest BCUT2D eigenvalue weighted by Gasteiger charge is -2.42. The van der Waals surface area contributed by atoms with Gasteiger partial charge in [0.2, 0.25) is 11.9 Å². The van der Waals surface area contributed by atoms with Gasteiger partial charge in [0.15, 0.2) is 0 Å². The number of nitrogens with one attached hydrogen (secondary N) is 2. The molecule has 0 bridgehead atoms. The van der Waals surface area contributed by atoms with E-state index >= 15 is 0 Å². The highest BCUT2D eigenvalue weighted by molar-refractivity contribution is 6.29. The number of urea groups is 1. The average Bonchev–Trinajstić information content (AvgIpc) is 3.46. The maximum Gasteiger partial charge on any atom is 0.317 e. The molecule has 202 valence electrons. The number of hydrogen-bond acceptors (Lipinski definition) is 7. The fourth-order valence-electron chi connectivity index (χ4n) is 4.38. The number of piperazine rings is 1. The third-order valence-electron chi connectivity index (χ3n) is 6.41. The zero-order chi connectivity index (χ0) is 27.1. The Hall–Kier alpha value is -3.86. The molecule has 1 fully saturated rings. The normalized spacial score (nSPS) is 16.2.